The third kappa shape index (κ3) is 3.28. The highest BCUT2D eigenvalue weighted by Crippen LogP contribution is 2.34. The van der Waals surface area contributed by atoms with Gasteiger partial charge < -0.3 is 9.73 Å². The van der Waals surface area contributed by atoms with Gasteiger partial charge in [0.2, 0.25) is 0 Å². The Morgan fingerprint density at radius 2 is 2.10 bits per heavy atom. The minimum absolute atomic E-state index is 0.196. The second-order valence-electron chi connectivity index (χ2n) is 4.75. The molecule has 0 fully saturated rings. The number of furan rings is 1. The molecule has 0 saturated carbocycles. The zero-order valence-corrected chi connectivity index (χ0v) is 12.8. The maximum Gasteiger partial charge on any atom is 0.131 e. The molecule has 0 amide bonds. The number of anilines is 1. The average Bonchev–Trinajstić information content (AvgIpc) is 3.06. The topological polar surface area (TPSA) is 25.2 Å². The van der Waals surface area contributed by atoms with Gasteiger partial charge in [0, 0.05) is 10.6 Å². The summed E-state index contributed by atoms with van der Waals surface area (Å²) >= 11 is 7.49. The first kappa shape index (κ1) is 14.2. The fourth-order valence-electron chi connectivity index (χ4n) is 2.21. The van der Waals surface area contributed by atoms with Crippen LogP contribution in [0.2, 0.25) is 4.34 Å². The van der Waals surface area contributed by atoms with Crippen LogP contribution < -0.4 is 5.32 Å². The Hall–Kier alpha value is -1.78. The van der Waals surface area contributed by atoms with Crippen molar-refractivity contribution in [1.82, 2.24) is 0 Å². The molecule has 0 aliphatic rings. The molecule has 0 radical (unpaired) electrons. The lowest BCUT2D eigenvalue weighted by molar-refractivity contribution is 0.500. The lowest BCUT2D eigenvalue weighted by Gasteiger charge is -2.17. The van der Waals surface area contributed by atoms with Crippen LogP contribution in [0.1, 0.15) is 22.2 Å². The highest BCUT2D eigenvalue weighted by Gasteiger charge is 2.19. The highest BCUT2D eigenvalue weighted by molar-refractivity contribution is 7.16. The summed E-state index contributed by atoms with van der Waals surface area (Å²) < 4.78 is 19.8. The third-order valence-corrected chi connectivity index (χ3v) is 4.36. The van der Waals surface area contributed by atoms with Gasteiger partial charge in [-0.15, -0.1) is 11.3 Å². The SMILES string of the molecule is Cc1cc(F)cc(NC(c2ccco2)c2ccc(Cl)s2)c1. The molecule has 3 rings (SSSR count). The molecule has 1 aromatic carbocycles. The van der Waals surface area contributed by atoms with E-state index in [9.17, 15) is 4.39 Å². The van der Waals surface area contributed by atoms with Crippen molar-refractivity contribution >= 4 is 28.6 Å². The first-order valence-electron chi connectivity index (χ1n) is 6.44. The number of hydrogen-bond donors (Lipinski definition) is 1. The van der Waals surface area contributed by atoms with Crippen molar-refractivity contribution in [3.8, 4) is 0 Å². The molecule has 0 aliphatic carbocycles. The van der Waals surface area contributed by atoms with Crippen LogP contribution in [0.15, 0.2) is 53.1 Å². The molecular formula is C16H13ClFNOS. The Morgan fingerprint density at radius 3 is 2.71 bits per heavy atom. The summed E-state index contributed by atoms with van der Waals surface area (Å²) in [4.78, 5) is 1.01. The largest absolute Gasteiger partial charge is 0.467 e. The van der Waals surface area contributed by atoms with E-state index in [1.165, 1.54) is 23.5 Å². The van der Waals surface area contributed by atoms with Gasteiger partial charge in [0.05, 0.1) is 10.6 Å². The molecule has 2 heterocycles. The molecule has 1 atom stereocenters. The van der Waals surface area contributed by atoms with Crippen molar-refractivity contribution in [2.24, 2.45) is 0 Å². The lowest BCUT2D eigenvalue weighted by atomic mass is 10.1. The summed E-state index contributed by atoms with van der Waals surface area (Å²) in [5.74, 6) is 0.496. The normalized spacial score (nSPS) is 12.3. The number of benzene rings is 1. The molecule has 0 spiro atoms. The molecule has 0 aliphatic heterocycles. The maximum absolute atomic E-state index is 13.5. The van der Waals surface area contributed by atoms with E-state index < -0.39 is 0 Å². The number of nitrogens with one attached hydrogen (secondary N) is 1. The van der Waals surface area contributed by atoms with Crippen LogP contribution in [0, 0.1) is 12.7 Å². The summed E-state index contributed by atoms with van der Waals surface area (Å²) in [6.07, 6.45) is 1.62. The fourth-order valence-corrected chi connectivity index (χ4v) is 3.33. The molecule has 2 nitrogen and oxygen atoms in total. The monoisotopic (exact) mass is 321 g/mol. The second-order valence-corrected chi connectivity index (χ2v) is 6.50. The summed E-state index contributed by atoms with van der Waals surface area (Å²) in [7, 11) is 0. The van der Waals surface area contributed by atoms with Crippen LogP contribution >= 0.6 is 22.9 Å². The van der Waals surface area contributed by atoms with Gasteiger partial charge in [-0.25, -0.2) is 4.39 Å². The van der Waals surface area contributed by atoms with E-state index in [4.69, 9.17) is 16.0 Å². The summed E-state index contributed by atoms with van der Waals surface area (Å²) in [6, 6.07) is 12.2. The van der Waals surface area contributed by atoms with Crippen molar-refractivity contribution < 1.29 is 8.81 Å². The van der Waals surface area contributed by atoms with E-state index in [0.717, 1.165) is 16.2 Å². The second kappa shape index (κ2) is 5.92. The van der Waals surface area contributed by atoms with E-state index >= 15 is 0 Å². The van der Waals surface area contributed by atoms with E-state index in [1.807, 2.05) is 37.3 Å². The van der Waals surface area contributed by atoms with Crippen molar-refractivity contribution in [3.05, 3.63) is 75.1 Å². The Bertz CT molecular complexity index is 718. The summed E-state index contributed by atoms with van der Waals surface area (Å²) in [6.45, 7) is 1.86. The standard InChI is InChI=1S/C16H13ClFNOS/c1-10-7-11(18)9-12(8-10)19-16(13-3-2-6-20-13)14-4-5-15(17)21-14/h2-9,16,19H,1H3. The fraction of sp³-hybridized carbons (Fsp3) is 0.125. The van der Waals surface area contributed by atoms with E-state index in [2.05, 4.69) is 5.32 Å². The number of rotatable bonds is 4. The third-order valence-electron chi connectivity index (χ3n) is 3.06. The van der Waals surface area contributed by atoms with E-state index in [1.54, 1.807) is 6.26 Å². The number of hydrogen-bond acceptors (Lipinski definition) is 3. The van der Waals surface area contributed by atoms with Gasteiger partial charge in [0.25, 0.3) is 0 Å². The molecule has 3 aromatic rings. The molecule has 0 bridgehead atoms. The quantitative estimate of drug-likeness (QED) is 0.672. The smallest absolute Gasteiger partial charge is 0.131 e. The first-order chi connectivity index (χ1) is 10.1. The van der Waals surface area contributed by atoms with E-state index in [0.29, 0.717) is 10.0 Å². The Balaban J connectivity index is 1.96. The number of halogens is 2. The molecule has 108 valence electrons. The Morgan fingerprint density at radius 1 is 1.24 bits per heavy atom. The minimum atomic E-state index is -0.264. The minimum Gasteiger partial charge on any atom is -0.467 e. The Kier molecular flexibility index (Phi) is 3.99. The van der Waals surface area contributed by atoms with Crippen LogP contribution in [-0.2, 0) is 0 Å². The highest BCUT2D eigenvalue weighted by atomic mass is 35.5. The Labute approximate surface area is 131 Å². The van der Waals surface area contributed by atoms with Crippen LogP contribution in [0.4, 0.5) is 10.1 Å². The molecule has 1 N–H and O–H groups in total. The van der Waals surface area contributed by atoms with Crippen LogP contribution in [0.3, 0.4) is 0 Å². The molecule has 5 heteroatoms. The first-order valence-corrected chi connectivity index (χ1v) is 7.63. The maximum atomic E-state index is 13.5. The predicted molar refractivity (Wildman–Crippen MR) is 84.6 cm³/mol. The van der Waals surface area contributed by atoms with Crippen molar-refractivity contribution in [1.29, 1.82) is 0 Å². The van der Waals surface area contributed by atoms with Crippen molar-refractivity contribution in [2.45, 2.75) is 13.0 Å². The molecular weight excluding hydrogens is 309 g/mol. The number of thiophene rings is 1. The van der Waals surface area contributed by atoms with Gasteiger partial charge in [0.1, 0.15) is 17.6 Å². The van der Waals surface area contributed by atoms with Gasteiger partial charge >= 0.3 is 0 Å². The van der Waals surface area contributed by atoms with Gasteiger partial charge in [-0.2, -0.15) is 0 Å². The summed E-state index contributed by atoms with van der Waals surface area (Å²) in [5.41, 5.74) is 1.57. The number of aryl methyl sites for hydroxylation is 1. The van der Waals surface area contributed by atoms with Gasteiger partial charge in [-0.3, -0.25) is 0 Å². The van der Waals surface area contributed by atoms with Crippen LogP contribution in [0.25, 0.3) is 0 Å². The average molecular weight is 322 g/mol. The predicted octanol–water partition coefficient (Wildman–Crippen LogP) is 5.64. The van der Waals surface area contributed by atoms with E-state index in [-0.39, 0.29) is 11.9 Å². The molecule has 0 saturated heterocycles. The lowest BCUT2D eigenvalue weighted by Crippen LogP contribution is -2.10. The summed E-state index contributed by atoms with van der Waals surface area (Å²) in [5, 5.41) is 3.31. The van der Waals surface area contributed by atoms with Crippen LogP contribution in [-0.4, -0.2) is 0 Å². The molecule has 1 unspecified atom stereocenters. The van der Waals surface area contributed by atoms with Crippen LogP contribution in [0.5, 0.6) is 0 Å². The molecule has 2 aromatic heterocycles. The zero-order chi connectivity index (χ0) is 14.8. The van der Waals surface area contributed by atoms with Crippen molar-refractivity contribution in [2.75, 3.05) is 5.32 Å². The zero-order valence-electron chi connectivity index (χ0n) is 11.3. The van der Waals surface area contributed by atoms with Gasteiger partial charge in [-0.05, 0) is 55.0 Å². The van der Waals surface area contributed by atoms with Gasteiger partial charge in [-0.1, -0.05) is 11.6 Å². The molecule has 21 heavy (non-hydrogen) atoms. The van der Waals surface area contributed by atoms with Crippen molar-refractivity contribution in [3.63, 3.8) is 0 Å². The van der Waals surface area contributed by atoms with Gasteiger partial charge in [0.15, 0.2) is 0 Å².